The van der Waals surface area contributed by atoms with E-state index in [2.05, 4.69) is 10.6 Å². The molecule has 0 unspecified atom stereocenters. The largest absolute Gasteiger partial charge is 0.486 e. The number of ether oxygens (including phenoxy) is 2. The van der Waals surface area contributed by atoms with Crippen LogP contribution in [0.4, 0.5) is 0 Å². The zero-order valence-corrected chi connectivity index (χ0v) is 12.5. The number of rotatable bonds is 5. The smallest absolute Gasteiger partial charge is 0.251 e. The van der Waals surface area contributed by atoms with Gasteiger partial charge in [0.15, 0.2) is 11.5 Å². The summed E-state index contributed by atoms with van der Waals surface area (Å²) in [6.45, 7) is 3.30. The summed E-state index contributed by atoms with van der Waals surface area (Å²) >= 11 is 6.06. The Labute approximate surface area is 127 Å². The molecule has 0 bridgehead atoms. The van der Waals surface area contributed by atoms with Gasteiger partial charge in [0.25, 0.3) is 5.91 Å². The standard InChI is InChI=1S/C14H17ClN2O4/c1-2-3-16-12(18)8-17-14(19)9-6-10(15)13-11(7-9)20-4-5-21-13/h6-7H,2-5,8H2,1H3,(H,16,18)(H,17,19). The molecule has 1 aliphatic rings. The van der Waals surface area contributed by atoms with E-state index in [1.165, 1.54) is 6.07 Å². The van der Waals surface area contributed by atoms with Crippen LogP contribution in [0.15, 0.2) is 12.1 Å². The van der Waals surface area contributed by atoms with Gasteiger partial charge in [-0.1, -0.05) is 18.5 Å². The van der Waals surface area contributed by atoms with E-state index in [4.69, 9.17) is 21.1 Å². The average molecular weight is 313 g/mol. The van der Waals surface area contributed by atoms with Gasteiger partial charge in [0.1, 0.15) is 13.2 Å². The molecule has 2 N–H and O–H groups in total. The molecule has 0 aromatic heterocycles. The van der Waals surface area contributed by atoms with E-state index < -0.39 is 0 Å². The molecule has 0 fully saturated rings. The van der Waals surface area contributed by atoms with Crippen LogP contribution in [0.3, 0.4) is 0 Å². The van der Waals surface area contributed by atoms with Crippen LogP contribution in [-0.2, 0) is 4.79 Å². The maximum absolute atomic E-state index is 12.0. The van der Waals surface area contributed by atoms with Crippen molar-refractivity contribution in [1.82, 2.24) is 10.6 Å². The molecule has 0 radical (unpaired) electrons. The first kappa shape index (κ1) is 15.4. The lowest BCUT2D eigenvalue weighted by Crippen LogP contribution is -2.37. The minimum atomic E-state index is -0.388. The summed E-state index contributed by atoms with van der Waals surface area (Å²) in [7, 11) is 0. The average Bonchev–Trinajstić information content (AvgIpc) is 2.50. The molecular weight excluding hydrogens is 296 g/mol. The fraction of sp³-hybridized carbons (Fsp3) is 0.429. The first-order chi connectivity index (χ1) is 10.1. The Morgan fingerprint density at radius 3 is 2.76 bits per heavy atom. The first-order valence-electron chi connectivity index (χ1n) is 6.76. The van der Waals surface area contributed by atoms with Crippen LogP contribution < -0.4 is 20.1 Å². The number of halogens is 1. The fourth-order valence-corrected chi connectivity index (χ4v) is 2.10. The van der Waals surface area contributed by atoms with Crippen LogP contribution in [0.25, 0.3) is 0 Å². The lowest BCUT2D eigenvalue weighted by atomic mass is 10.1. The summed E-state index contributed by atoms with van der Waals surface area (Å²) in [5.74, 6) is 0.267. The van der Waals surface area contributed by atoms with Crippen molar-refractivity contribution in [2.75, 3.05) is 26.3 Å². The zero-order valence-electron chi connectivity index (χ0n) is 11.7. The summed E-state index contributed by atoms with van der Waals surface area (Å²) in [6, 6.07) is 3.05. The monoisotopic (exact) mass is 312 g/mol. The highest BCUT2D eigenvalue weighted by Crippen LogP contribution is 2.38. The molecule has 21 heavy (non-hydrogen) atoms. The highest BCUT2D eigenvalue weighted by molar-refractivity contribution is 6.32. The van der Waals surface area contributed by atoms with Crippen LogP contribution in [0.2, 0.25) is 5.02 Å². The number of hydrogen-bond acceptors (Lipinski definition) is 4. The number of fused-ring (bicyclic) bond motifs is 1. The van der Waals surface area contributed by atoms with Crippen LogP contribution in [0.5, 0.6) is 11.5 Å². The summed E-state index contributed by atoms with van der Waals surface area (Å²) in [5, 5.41) is 5.52. The fourth-order valence-electron chi connectivity index (χ4n) is 1.83. The first-order valence-corrected chi connectivity index (χ1v) is 7.13. The van der Waals surface area contributed by atoms with E-state index in [1.54, 1.807) is 6.07 Å². The van der Waals surface area contributed by atoms with Gasteiger partial charge in [0.05, 0.1) is 11.6 Å². The Bertz CT molecular complexity index is 548. The van der Waals surface area contributed by atoms with E-state index in [0.717, 1.165) is 6.42 Å². The van der Waals surface area contributed by atoms with Gasteiger partial charge in [0.2, 0.25) is 5.91 Å². The maximum Gasteiger partial charge on any atom is 0.251 e. The van der Waals surface area contributed by atoms with Gasteiger partial charge in [-0.05, 0) is 18.6 Å². The zero-order chi connectivity index (χ0) is 15.2. The molecule has 7 heteroatoms. The Hall–Kier alpha value is -1.95. The number of amides is 2. The van der Waals surface area contributed by atoms with Crippen molar-refractivity contribution in [1.29, 1.82) is 0 Å². The van der Waals surface area contributed by atoms with Gasteiger partial charge in [-0.2, -0.15) is 0 Å². The molecule has 0 atom stereocenters. The molecule has 0 aliphatic carbocycles. The molecule has 2 rings (SSSR count). The van der Waals surface area contributed by atoms with Crippen molar-refractivity contribution in [2.45, 2.75) is 13.3 Å². The van der Waals surface area contributed by atoms with Crippen molar-refractivity contribution < 1.29 is 19.1 Å². The van der Waals surface area contributed by atoms with Crippen molar-refractivity contribution in [3.05, 3.63) is 22.7 Å². The molecule has 0 saturated heterocycles. The van der Waals surface area contributed by atoms with E-state index in [-0.39, 0.29) is 18.4 Å². The Balaban J connectivity index is 1.99. The Morgan fingerprint density at radius 1 is 1.24 bits per heavy atom. The predicted octanol–water partition coefficient (Wildman–Crippen LogP) is 1.37. The van der Waals surface area contributed by atoms with Crippen LogP contribution in [0, 0.1) is 0 Å². The number of nitrogens with one attached hydrogen (secondary N) is 2. The molecule has 114 valence electrons. The second-order valence-corrected chi connectivity index (χ2v) is 4.92. The molecule has 1 aromatic rings. The third-order valence-corrected chi connectivity index (χ3v) is 3.12. The molecule has 1 heterocycles. The van der Waals surface area contributed by atoms with Crippen molar-refractivity contribution in [3.63, 3.8) is 0 Å². The SMILES string of the molecule is CCCNC(=O)CNC(=O)c1cc(Cl)c2c(c1)OCCO2. The van der Waals surface area contributed by atoms with Crippen molar-refractivity contribution in [3.8, 4) is 11.5 Å². The second kappa shape index (κ2) is 7.17. The molecule has 2 amide bonds. The summed E-state index contributed by atoms with van der Waals surface area (Å²) < 4.78 is 10.8. The third-order valence-electron chi connectivity index (χ3n) is 2.84. The van der Waals surface area contributed by atoms with E-state index in [1.807, 2.05) is 6.92 Å². The maximum atomic E-state index is 12.0. The van der Waals surface area contributed by atoms with Crippen molar-refractivity contribution in [2.24, 2.45) is 0 Å². The van der Waals surface area contributed by atoms with Gasteiger partial charge in [0, 0.05) is 12.1 Å². The van der Waals surface area contributed by atoms with Gasteiger partial charge >= 0.3 is 0 Å². The van der Waals surface area contributed by atoms with E-state index in [9.17, 15) is 9.59 Å². The van der Waals surface area contributed by atoms with Crippen LogP contribution in [0.1, 0.15) is 23.7 Å². The van der Waals surface area contributed by atoms with Gasteiger partial charge < -0.3 is 20.1 Å². The second-order valence-electron chi connectivity index (χ2n) is 4.51. The lowest BCUT2D eigenvalue weighted by molar-refractivity contribution is -0.120. The van der Waals surface area contributed by atoms with Gasteiger partial charge in [-0.25, -0.2) is 0 Å². The van der Waals surface area contributed by atoms with Crippen LogP contribution >= 0.6 is 11.6 Å². The van der Waals surface area contributed by atoms with E-state index in [0.29, 0.717) is 41.8 Å². The topological polar surface area (TPSA) is 76.7 Å². The number of benzene rings is 1. The third kappa shape index (κ3) is 4.01. The predicted molar refractivity (Wildman–Crippen MR) is 78.1 cm³/mol. The highest BCUT2D eigenvalue weighted by atomic mass is 35.5. The van der Waals surface area contributed by atoms with Gasteiger partial charge in [-0.15, -0.1) is 0 Å². The molecular formula is C14H17ClN2O4. The van der Waals surface area contributed by atoms with Crippen LogP contribution in [-0.4, -0.2) is 38.1 Å². The summed E-state index contributed by atoms with van der Waals surface area (Å²) in [4.78, 5) is 23.5. The summed E-state index contributed by atoms with van der Waals surface area (Å²) in [5.41, 5.74) is 0.326. The molecule has 1 aromatic carbocycles. The minimum absolute atomic E-state index is 0.0785. The molecule has 0 spiro atoms. The number of carbonyl (C=O) groups excluding carboxylic acids is 2. The highest BCUT2D eigenvalue weighted by Gasteiger charge is 2.19. The minimum Gasteiger partial charge on any atom is -0.486 e. The summed E-state index contributed by atoms with van der Waals surface area (Å²) in [6.07, 6.45) is 0.845. The number of hydrogen-bond donors (Lipinski definition) is 2. The lowest BCUT2D eigenvalue weighted by Gasteiger charge is -2.20. The Morgan fingerprint density at radius 2 is 2.00 bits per heavy atom. The molecule has 1 aliphatic heterocycles. The Kier molecular flexibility index (Phi) is 5.27. The quantitative estimate of drug-likeness (QED) is 0.861. The van der Waals surface area contributed by atoms with Gasteiger partial charge in [-0.3, -0.25) is 9.59 Å². The van der Waals surface area contributed by atoms with Crippen molar-refractivity contribution >= 4 is 23.4 Å². The molecule has 0 saturated carbocycles. The normalized spacial score (nSPS) is 12.7. The number of carbonyl (C=O) groups is 2. The molecule has 6 nitrogen and oxygen atoms in total. The van der Waals surface area contributed by atoms with E-state index >= 15 is 0 Å².